The van der Waals surface area contributed by atoms with Gasteiger partial charge in [0.25, 0.3) is 0 Å². The zero-order valence-electron chi connectivity index (χ0n) is 12.5. The number of piperazine rings is 1. The van der Waals surface area contributed by atoms with Gasteiger partial charge >= 0.3 is 0 Å². The largest absolute Gasteiger partial charge is 0.303 e. The summed E-state index contributed by atoms with van der Waals surface area (Å²) in [5.74, 6) is 0. The van der Waals surface area contributed by atoms with Crippen molar-refractivity contribution in [2.24, 2.45) is 0 Å². The fourth-order valence-corrected chi connectivity index (χ4v) is 4.28. The lowest BCUT2D eigenvalue weighted by molar-refractivity contribution is -0.104. The van der Waals surface area contributed by atoms with E-state index in [1.165, 1.54) is 45.4 Å². The van der Waals surface area contributed by atoms with Crippen LogP contribution in [0.4, 0.5) is 0 Å². The van der Waals surface area contributed by atoms with Crippen LogP contribution in [0.25, 0.3) is 0 Å². The first-order valence-corrected chi connectivity index (χ1v) is 7.66. The van der Waals surface area contributed by atoms with Crippen molar-refractivity contribution in [1.82, 2.24) is 14.7 Å². The first-order valence-electron chi connectivity index (χ1n) is 7.66. The molecule has 0 aromatic carbocycles. The highest BCUT2D eigenvalue weighted by atomic mass is 15.4. The Balaban J connectivity index is 1.55. The number of likely N-dealkylation sites (tertiary alicyclic amines) is 1. The van der Waals surface area contributed by atoms with E-state index < -0.39 is 0 Å². The number of fused-ring (bicyclic) bond motifs is 2. The van der Waals surface area contributed by atoms with Gasteiger partial charge in [-0.05, 0) is 47.1 Å². The second-order valence-corrected chi connectivity index (χ2v) is 7.60. The third kappa shape index (κ3) is 2.21. The number of rotatable bonds is 1. The fraction of sp³-hybridized carbons (Fsp3) is 1.00. The molecule has 0 amide bonds. The molecule has 4 fully saturated rings. The number of nitrogens with zero attached hydrogens (tertiary/aromatic N) is 3. The Morgan fingerprint density at radius 2 is 1.44 bits per heavy atom. The highest BCUT2D eigenvalue weighted by Gasteiger charge is 2.47. The van der Waals surface area contributed by atoms with E-state index in [0.29, 0.717) is 5.54 Å². The SMILES string of the molecule is CN1CC2CC(C1)N2C1CCN(C(C)(C)C)CC1. The van der Waals surface area contributed by atoms with Crippen LogP contribution in [-0.4, -0.2) is 71.6 Å². The van der Waals surface area contributed by atoms with Crippen LogP contribution in [0.15, 0.2) is 0 Å². The Kier molecular flexibility index (Phi) is 3.20. The molecular formula is C15H29N3. The first-order chi connectivity index (χ1) is 8.45. The molecule has 0 spiro atoms. The summed E-state index contributed by atoms with van der Waals surface area (Å²) < 4.78 is 0. The van der Waals surface area contributed by atoms with Gasteiger partial charge < -0.3 is 4.90 Å². The summed E-state index contributed by atoms with van der Waals surface area (Å²) in [6.45, 7) is 12.2. The smallest absolute Gasteiger partial charge is 0.0244 e. The van der Waals surface area contributed by atoms with Gasteiger partial charge in [-0.25, -0.2) is 0 Å². The molecule has 3 nitrogen and oxygen atoms in total. The van der Waals surface area contributed by atoms with Crippen molar-refractivity contribution < 1.29 is 0 Å². The minimum absolute atomic E-state index is 0.357. The van der Waals surface area contributed by atoms with Gasteiger partial charge in [0.1, 0.15) is 0 Å². The number of piperidine rings is 2. The molecule has 0 radical (unpaired) electrons. The molecule has 4 heterocycles. The van der Waals surface area contributed by atoms with E-state index in [4.69, 9.17) is 0 Å². The normalized spacial score (nSPS) is 36.7. The van der Waals surface area contributed by atoms with Gasteiger partial charge in [0.15, 0.2) is 0 Å². The molecule has 2 unspecified atom stereocenters. The van der Waals surface area contributed by atoms with Gasteiger partial charge in [0.2, 0.25) is 0 Å². The lowest BCUT2D eigenvalue weighted by Crippen LogP contribution is -2.71. The van der Waals surface area contributed by atoms with E-state index in [1.54, 1.807) is 0 Å². The van der Waals surface area contributed by atoms with Crippen LogP contribution in [0.5, 0.6) is 0 Å². The Hall–Kier alpha value is -0.120. The molecule has 0 aromatic rings. The van der Waals surface area contributed by atoms with E-state index in [2.05, 4.69) is 42.5 Å². The van der Waals surface area contributed by atoms with Crippen LogP contribution in [0, 0.1) is 0 Å². The van der Waals surface area contributed by atoms with Crippen LogP contribution in [0.1, 0.15) is 40.0 Å². The van der Waals surface area contributed by atoms with Gasteiger partial charge in [-0.1, -0.05) is 0 Å². The standard InChI is InChI=1S/C15H29N3/c1-15(2,3)17-7-5-12(6-8-17)18-13-9-14(18)11-16(4)10-13/h12-14H,5-11H2,1-4H3. The van der Waals surface area contributed by atoms with Gasteiger partial charge in [0, 0.05) is 49.8 Å². The molecule has 18 heavy (non-hydrogen) atoms. The number of hydrogen-bond acceptors (Lipinski definition) is 3. The summed E-state index contributed by atoms with van der Waals surface area (Å²) in [6, 6.07) is 2.63. The van der Waals surface area contributed by atoms with Crippen molar-refractivity contribution in [1.29, 1.82) is 0 Å². The maximum Gasteiger partial charge on any atom is 0.0244 e. The minimum atomic E-state index is 0.357. The summed E-state index contributed by atoms with van der Waals surface area (Å²) in [5, 5.41) is 0. The van der Waals surface area contributed by atoms with Crippen LogP contribution in [-0.2, 0) is 0 Å². The zero-order chi connectivity index (χ0) is 12.9. The molecule has 0 aromatic heterocycles. The Morgan fingerprint density at radius 3 is 1.94 bits per heavy atom. The molecule has 104 valence electrons. The summed E-state index contributed by atoms with van der Waals surface area (Å²) in [6.07, 6.45) is 4.23. The van der Waals surface area contributed by atoms with Crippen LogP contribution in [0.2, 0.25) is 0 Å². The van der Waals surface area contributed by atoms with E-state index in [1.807, 2.05) is 0 Å². The average molecular weight is 251 g/mol. The van der Waals surface area contributed by atoms with Crippen molar-refractivity contribution in [2.75, 3.05) is 33.2 Å². The molecule has 3 heteroatoms. The molecule has 4 aliphatic heterocycles. The van der Waals surface area contributed by atoms with Crippen molar-refractivity contribution in [3.63, 3.8) is 0 Å². The van der Waals surface area contributed by atoms with E-state index in [0.717, 1.165) is 18.1 Å². The van der Waals surface area contributed by atoms with Gasteiger partial charge in [-0.15, -0.1) is 0 Å². The first kappa shape index (κ1) is 12.9. The Morgan fingerprint density at radius 1 is 0.889 bits per heavy atom. The maximum atomic E-state index is 2.86. The van der Waals surface area contributed by atoms with Crippen molar-refractivity contribution >= 4 is 0 Å². The summed E-state index contributed by atoms with van der Waals surface area (Å²) >= 11 is 0. The molecular weight excluding hydrogens is 222 g/mol. The highest BCUT2D eigenvalue weighted by molar-refractivity contribution is 5.03. The molecule has 4 saturated heterocycles. The lowest BCUT2D eigenvalue weighted by Gasteiger charge is -2.60. The predicted molar refractivity (Wildman–Crippen MR) is 75.9 cm³/mol. The molecule has 2 bridgehead atoms. The molecule has 0 saturated carbocycles. The fourth-order valence-electron chi connectivity index (χ4n) is 4.28. The Bertz CT molecular complexity index is 289. The minimum Gasteiger partial charge on any atom is -0.303 e. The van der Waals surface area contributed by atoms with E-state index >= 15 is 0 Å². The van der Waals surface area contributed by atoms with E-state index in [9.17, 15) is 0 Å². The highest BCUT2D eigenvalue weighted by Crippen LogP contribution is 2.37. The van der Waals surface area contributed by atoms with E-state index in [-0.39, 0.29) is 0 Å². The molecule has 0 N–H and O–H groups in total. The maximum absolute atomic E-state index is 2.86. The van der Waals surface area contributed by atoms with Crippen molar-refractivity contribution in [3.8, 4) is 0 Å². The van der Waals surface area contributed by atoms with Crippen molar-refractivity contribution in [2.45, 2.75) is 63.7 Å². The second kappa shape index (κ2) is 4.46. The third-order valence-corrected chi connectivity index (χ3v) is 5.27. The number of hydrogen-bond donors (Lipinski definition) is 0. The quantitative estimate of drug-likeness (QED) is 0.701. The topological polar surface area (TPSA) is 9.72 Å². The van der Waals surface area contributed by atoms with Crippen LogP contribution >= 0.6 is 0 Å². The molecule has 2 atom stereocenters. The van der Waals surface area contributed by atoms with Crippen LogP contribution < -0.4 is 0 Å². The third-order valence-electron chi connectivity index (χ3n) is 5.27. The molecule has 0 aliphatic carbocycles. The zero-order valence-corrected chi connectivity index (χ0v) is 12.5. The lowest BCUT2D eigenvalue weighted by atomic mass is 9.83. The van der Waals surface area contributed by atoms with Crippen LogP contribution in [0.3, 0.4) is 0 Å². The van der Waals surface area contributed by atoms with Gasteiger partial charge in [0.05, 0.1) is 0 Å². The average Bonchev–Trinajstić information content (AvgIpc) is 2.28. The van der Waals surface area contributed by atoms with Gasteiger partial charge in [-0.3, -0.25) is 9.80 Å². The molecule has 4 aliphatic rings. The van der Waals surface area contributed by atoms with Crippen molar-refractivity contribution in [3.05, 3.63) is 0 Å². The summed E-state index contributed by atoms with van der Waals surface area (Å²) in [5.41, 5.74) is 0.357. The van der Waals surface area contributed by atoms with Gasteiger partial charge in [-0.2, -0.15) is 0 Å². The summed E-state index contributed by atoms with van der Waals surface area (Å²) in [7, 11) is 2.28. The Labute approximate surface area is 112 Å². The second-order valence-electron chi connectivity index (χ2n) is 7.60. The predicted octanol–water partition coefficient (Wildman–Crippen LogP) is 1.64. The summed E-state index contributed by atoms with van der Waals surface area (Å²) in [4.78, 5) is 8.03. The molecule has 4 rings (SSSR count). The number of likely N-dealkylation sites (N-methyl/N-ethyl adjacent to an activating group) is 1. The monoisotopic (exact) mass is 251 g/mol.